The van der Waals surface area contributed by atoms with Crippen LogP contribution in [0.5, 0.6) is 5.75 Å². The molecule has 1 fully saturated rings. The van der Waals surface area contributed by atoms with Gasteiger partial charge < -0.3 is 19.5 Å². The number of hydrogen-bond donors (Lipinski definition) is 1. The Bertz CT molecular complexity index is 771. The Morgan fingerprint density at radius 2 is 2.21 bits per heavy atom. The molecule has 0 bridgehead atoms. The number of carbonyl (C=O) groups is 1. The fraction of sp³-hybridized carbons (Fsp3) is 0.545. The number of nitrogens with one attached hydrogen (secondary N) is 1. The standard InChI is InChI=1S/C22H32N4O2/c1-17(2)28-21-9-6-7-19(15-21)16-24-22(27)26-12-5-4-8-20(26)10-13-25-14-11-23-18(25)3/h6-7,9,11,14-15,17,20H,4-5,8,10,12-13,16H2,1-3H3,(H,24,27)/t20-/m0/s1. The number of nitrogens with zero attached hydrogens (tertiary/aromatic N) is 3. The molecule has 1 aliphatic heterocycles. The summed E-state index contributed by atoms with van der Waals surface area (Å²) in [6.07, 6.45) is 8.27. The molecule has 0 aliphatic carbocycles. The van der Waals surface area contributed by atoms with Gasteiger partial charge in [-0.25, -0.2) is 9.78 Å². The van der Waals surface area contributed by atoms with Crippen LogP contribution in [0.3, 0.4) is 0 Å². The minimum absolute atomic E-state index is 0.0298. The van der Waals surface area contributed by atoms with Crippen molar-refractivity contribution in [2.45, 2.75) is 71.7 Å². The quantitative estimate of drug-likeness (QED) is 0.781. The van der Waals surface area contributed by atoms with Crippen LogP contribution in [0.2, 0.25) is 0 Å². The van der Waals surface area contributed by atoms with Crippen LogP contribution < -0.4 is 10.1 Å². The van der Waals surface area contributed by atoms with Crippen LogP contribution in [0.25, 0.3) is 0 Å². The van der Waals surface area contributed by atoms with Gasteiger partial charge in [-0.3, -0.25) is 0 Å². The molecule has 1 aromatic carbocycles. The lowest BCUT2D eigenvalue weighted by Gasteiger charge is -2.36. The van der Waals surface area contributed by atoms with Gasteiger partial charge in [-0.15, -0.1) is 0 Å². The summed E-state index contributed by atoms with van der Waals surface area (Å²) in [6, 6.07) is 8.24. The highest BCUT2D eigenvalue weighted by Crippen LogP contribution is 2.21. The van der Waals surface area contributed by atoms with E-state index in [4.69, 9.17) is 4.74 Å². The number of ether oxygens (including phenoxy) is 1. The van der Waals surface area contributed by atoms with Crippen LogP contribution in [0.4, 0.5) is 4.79 Å². The SMILES string of the molecule is Cc1nccn1CC[C@@H]1CCCCN1C(=O)NCc1cccc(OC(C)C)c1. The van der Waals surface area contributed by atoms with Crippen molar-refractivity contribution >= 4 is 6.03 Å². The second-order valence-corrected chi connectivity index (χ2v) is 7.77. The van der Waals surface area contributed by atoms with Crippen LogP contribution in [-0.4, -0.2) is 39.2 Å². The van der Waals surface area contributed by atoms with Crippen molar-refractivity contribution in [3.8, 4) is 5.75 Å². The van der Waals surface area contributed by atoms with Crippen molar-refractivity contribution in [3.05, 3.63) is 48.0 Å². The predicted octanol–water partition coefficient (Wildman–Crippen LogP) is 4.13. The molecular formula is C22H32N4O2. The van der Waals surface area contributed by atoms with Gasteiger partial charge in [-0.05, 0) is 64.2 Å². The van der Waals surface area contributed by atoms with E-state index in [-0.39, 0.29) is 18.2 Å². The number of imidazole rings is 1. The first kappa shape index (κ1) is 20.2. The van der Waals surface area contributed by atoms with E-state index in [0.29, 0.717) is 6.54 Å². The molecule has 1 aromatic heterocycles. The molecule has 0 unspecified atom stereocenters. The van der Waals surface area contributed by atoms with E-state index in [9.17, 15) is 4.79 Å². The van der Waals surface area contributed by atoms with E-state index in [1.807, 2.05) is 62.3 Å². The molecule has 2 aromatic rings. The van der Waals surface area contributed by atoms with E-state index < -0.39 is 0 Å². The Kier molecular flexibility index (Phi) is 6.95. The molecule has 0 radical (unpaired) electrons. The molecule has 1 N–H and O–H groups in total. The van der Waals surface area contributed by atoms with Crippen molar-refractivity contribution in [1.82, 2.24) is 19.8 Å². The van der Waals surface area contributed by atoms with Gasteiger partial charge in [0.2, 0.25) is 0 Å². The molecule has 0 saturated carbocycles. The smallest absolute Gasteiger partial charge is 0.317 e. The van der Waals surface area contributed by atoms with Crippen LogP contribution in [0, 0.1) is 6.92 Å². The maximum Gasteiger partial charge on any atom is 0.317 e. The lowest BCUT2D eigenvalue weighted by Crippen LogP contribution is -2.48. The Hall–Kier alpha value is -2.50. The van der Waals surface area contributed by atoms with Gasteiger partial charge in [0, 0.05) is 38.1 Å². The molecule has 28 heavy (non-hydrogen) atoms. The van der Waals surface area contributed by atoms with Gasteiger partial charge in [-0.1, -0.05) is 12.1 Å². The minimum atomic E-state index is 0.0298. The molecule has 6 heteroatoms. The average molecular weight is 385 g/mol. The van der Waals surface area contributed by atoms with E-state index in [1.54, 1.807) is 0 Å². The zero-order chi connectivity index (χ0) is 19.9. The predicted molar refractivity (Wildman–Crippen MR) is 110 cm³/mol. The summed E-state index contributed by atoms with van der Waals surface area (Å²) in [5.74, 6) is 1.86. The fourth-order valence-electron chi connectivity index (χ4n) is 3.78. The molecule has 6 nitrogen and oxygen atoms in total. The summed E-state index contributed by atoms with van der Waals surface area (Å²) >= 11 is 0. The van der Waals surface area contributed by atoms with E-state index in [0.717, 1.165) is 49.5 Å². The Balaban J connectivity index is 1.55. The first-order chi connectivity index (χ1) is 13.5. The lowest BCUT2D eigenvalue weighted by atomic mass is 9.99. The van der Waals surface area contributed by atoms with Crippen LogP contribution >= 0.6 is 0 Å². The van der Waals surface area contributed by atoms with E-state index in [2.05, 4.69) is 14.9 Å². The topological polar surface area (TPSA) is 59.4 Å². The number of benzene rings is 1. The first-order valence-electron chi connectivity index (χ1n) is 10.3. The van der Waals surface area contributed by atoms with Gasteiger partial charge in [0.25, 0.3) is 0 Å². The maximum absolute atomic E-state index is 12.8. The van der Waals surface area contributed by atoms with Crippen LogP contribution in [0.15, 0.2) is 36.7 Å². The van der Waals surface area contributed by atoms with E-state index >= 15 is 0 Å². The Morgan fingerprint density at radius 1 is 1.36 bits per heavy atom. The zero-order valence-corrected chi connectivity index (χ0v) is 17.2. The number of urea groups is 1. The second kappa shape index (κ2) is 9.62. The number of piperidine rings is 1. The van der Waals surface area contributed by atoms with E-state index in [1.165, 1.54) is 6.42 Å². The largest absolute Gasteiger partial charge is 0.491 e. The van der Waals surface area contributed by atoms with Crippen LogP contribution in [0.1, 0.15) is 50.9 Å². The van der Waals surface area contributed by atoms with Crippen molar-refractivity contribution < 1.29 is 9.53 Å². The summed E-state index contributed by atoms with van der Waals surface area (Å²) < 4.78 is 7.90. The van der Waals surface area contributed by atoms with Crippen molar-refractivity contribution in [3.63, 3.8) is 0 Å². The van der Waals surface area contributed by atoms with Crippen LogP contribution in [-0.2, 0) is 13.1 Å². The Morgan fingerprint density at radius 3 is 2.96 bits per heavy atom. The average Bonchev–Trinajstić information content (AvgIpc) is 3.09. The number of aromatic nitrogens is 2. The number of amides is 2. The highest BCUT2D eigenvalue weighted by Gasteiger charge is 2.26. The number of hydrogen-bond acceptors (Lipinski definition) is 3. The van der Waals surface area contributed by atoms with Gasteiger partial charge >= 0.3 is 6.03 Å². The molecule has 1 saturated heterocycles. The Labute approximate surface area is 167 Å². The van der Waals surface area contributed by atoms with Crippen molar-refractivity contribution in [2.75, 3.05) is 6.54 Å². The molecule has 0 spiro atoms. The summed E-state index contributed by atoms with van der Waals surface area (Å²) in [6.45, 7) is 8.28. The highest BCUT2D eigenvalue weighted by atomic mass is 16.5. The third-order valence-corrected chi connectivity index (χ3v) is 5.23. The second-order valence-electron chi connectivity index (χ2n) is 7.77. The molecule has 2 amide bonds. The van der Waals surface area contributed by atoms with Gasteiger partial charge in [0.1, 0.15) is 11.6 Å². The van der Waals surface area contributed by atoms with Crippen molar-refractivity contribution in [1.29, 1.82) is 0 Å². The first-order valence-corrected chi connectivity index (χ1v) is 10.3. The van der Waals surface area contributed by atoms with Crippen molar-refractivity contribution in [2.24, 2.45) is 0 Å². The summed E-state index contributed by atoms with van der Waals surface area (Å²) in [5.41, 5.74) is 1.05. The number of rotatable bonds is 7. The van der Waals surface area contributed by atoms with Gasteiger partial charge in [0.15, 0.2) is 0 Å². The molecule has 2 heterocycles. The zero-order valence-electron chi connectivity index (χ0n) is 17.2. The van der Waals surface area contributed by atoms with Gasteiger partial charge in [0.05, 0.1) is 6.10 Å². The molecular weight excluding hydrogens is 352 g/mol. The maximum atomic E-state index is 12.8. The fourth-order valence-corrected chi connectivity index (χ4v) is 3.78. The third-order valence-electron chi connectivity index (χ3n) is 5.23. The van der Waals surface area contributed by atoms with Gasteiger partial charge in [-0.2, -0.15) is 0 Å². The number of likely N-dealkylation sites (tertiary alicyclic amines) is 1. The summed E-state index contributed by atoms with van der Waals surface area (Å²) in [7, 11) is 0. The lowest BCUT2D eigenvalue weighted by molar-refractivity contribution is 0.143. The summed E-state index contributed by atoms with van der Waals surface area (Å²) in [4.78, 5) is 19.1. The normalized spacial score (nSPS) is 17.0. The monoisotopic (exact) mass is 384 g/mol. The number of carbonyl (C=O) groups excluding carboxylic acids is 1. The third kappa shape index (κ3) is 5.50. The molecule has 3 rings (SSSR count). The molecule has 1 aliphatic rings. The molecule has 1 atom stereocenters. The minimum Gasteiger partial charge on any atom is -0.491 e. The molecule has 152 valence electrons. The number of aryl methyl sites for hydroxylation is 2. The highest BCUT2D eigenvalue weighted by molar-refractivity contribution is 5.74. The summed E-state index contributed by atoms with van der Waals surface area (Å²) in [5, 5.41) is 3.10.